The topological polar surface area (TPSA) is 62.1 Å². The van der Waals surface area contributed by atoms with Crippen LogP contribution in [0, 0.1) is 11.3 Å². The molecule has 0 fully saturated rings. The maximum Gasteiger partial charge on any atom is 0.254 e. The zero-order chi connectivity index (χ0) is 15.8. The van der Waals surface area contributed by atoms with Crippen molar-refractivity contribution < 1.29 is 9.53 Å². The van der Waals surface area contributed by atoms with Gasteiger partial charge >= 0.3 is 0 Å². The summed E-state index contributed by atoms with van der Waals surface area (Å²) in [5.74, 6) is -0.169. The van der Waals surface area contributed by atoms with Crippen molar-refractivity contribution in [3.05, 3.63) is 71.3 Å². The van der Waals surface area contributed by atoms with E-state index < -0.39 is 6.10 Å². The van der Waals surface area contributed by atoms with E-state index in [-0.39, 0.29) is 5.91 Å². The van der Waals surface area contributed by atoms with Crippen molar-refractivity contribution in [3.8, 4) is 6.07 Å². The number of nitriles is 1. The molecule has 0 saturated heterocycles. The van der Waals surface area contributed by atoms with E-state index in [1.54, 1.807) is 12.1 Å². The fourth-order valence-corrected chi connectivity index (χ4v) is 2.10. The first-order valence-corrected chi connectivity index (χ1v) is 7.18. The minimum Gasteiger partial charge on any atom is -0.364 e. The molecule has 0 unspecified atom stereocenters. The predicted molar refractivity (Wildman–Crippen MR) is 83.8 cm³/mol. The lowest BCUT2D eigenvalue weighted by Crippen LogP contribution is -2.30. The van der Waals surface area contributed by atoms with Gasteiger partial charge in [-0.05, 0) is 30.2 Å². The summed E-state index contributed by atoms with van der Waals surface area (Å²) in [5, 5.41) is 11.6. The fourth-order valence-electron chi connectivity index (χ4n) is 2.10. The Morgan fingerprint density at radius 2 is 1.86 bits per heavy atom. The molecule has 0 aromatic heterocycles. The van der Waals surface area contributed by atoms with Crippen LogP contribution in [0.4, 0.5) is 0 Å². The minimum atomic E-state index is -0.607. The Morgan fingerprint density at radius 3 is 2.45 bits per heavy atom. The summed E-state index contributed by atoms with van der Waals surface area (Å²) in [4.78, 5) is 12.3. The van der Waals surface area contributed by atoms with Gasteiger partial charge < -0.3 is 10.1 Å². The van der Waals surface area contributed by atoms with E-state index >= 15 is 0 Å². The number of hydrogen-bond acceptors (Lipinski definition) is 3. The number of benzene rings is 2. The van der Waals surface area contributed by atoms with Crippen molar-refractivity contribution in [2.45, 2.75) is 19.6 Å². The molecule has 0 aliphatic carbocycles. The molecule has 4 nitrogen and oxygen atoms in total. The fraction of sp³-hybridized carbons (Fsp3) is 0.222. The van der Waals surface area contributed by atoms with Crippen molar-refractivity contribution >= 4 is 5.91 Å². The van der Waals surface area contributed by atoms with Gasteiger partial charge in [0.25, 0.3) is 5.91 Å². The lowest BCUT2D eigenvalue weighted by Gasteiger charge is -2.17. The summed E-state index contributed by atoms with van der Waals surface area (Å²) in [6.07, 6.45) is -0.607. The smallest absolute Gasteiger partial charge is 0.254 e. The van der Waals surface area contributed by atoms with Crippen molar-refractivity contribution in [1.29, 1.82) is 5.26 Å². The van der Waals surface area contributed by atoms with E-state index in [4.69, 9.17) is 10.00 Å². The highest BCUT2D eigenvalue weighted by molar-refractivity contribution is 5.82. The number of rotatable bonds is 6. The highest BCUT2D eigenvalue weighted by Gasteiger charge is 2.20. The molecular formula is C18H18N2O2. The van der Waals surface area contributed by atoms with E-state index in [9.17, 15) is 4.79 Å². The van der Waals surface area contributed by atoms with Crippen LogP contribution in [0.1, 0.15) is 29.7 Å². The molecule has 0 aliphatic heterocycles. The summed E-state index contributed by atoms with van der Waals surface area (Å²) < 4.78 is 5.56. The van der Waals surface area contributed by atoms with Gasteiger partial charge in [0.05, 0.1) is 11.6 Å². The van der Waals surface area contributed by atoms with Crippen molar-refractivity contribution in [3.63, 3.8) is 0 Å². The van der Waals surface area contributed by atoms with Gasteiger partial charge in [0, 0.05) is 13.2 Å². The standard InChI is InChI=1S/C18H18N2O2/c1-2-22-17(16-6-4-3-5-7-16)18(21)20-13-15-10-8-14(12-19)9-11-15/h3-11,17H,2,13H2,1H3,(H,20,21)/t17-/m0/s1. The van der Waals surface area contributed by atoms with Crippen LogP contribution in [0.15, 0.2) is 54.6 Å². The second-order valence-electron chi connectivity index (χ2n) is 4.77. The summed E-state index contributed by atoms with van der Waals surface area (Å²) in [7, 11) is 0. The van der Waals surface area contributed by atoms with Crippen molar-refractivity contribution in [2.75, 3.05) is 6.61 Å². The first-order valence-electron chi connectivity index (χ1n) is 7.18. The van der Waals surface area contributed by atoms with Gasteiger partial charge in [-0.25, -0.2) is 0 Å². The van der Waals surface area contributed by atoms with Crippen LogP contribution < -0.4 is 5.32 Å². The summed E-state index contributed by atoms with van der Waals surface area (Å²) >= 11 is 0. The Labute approximate surface area is 130 Å². The Kier molecular flexibility index (Phi) is 5.70. The maximum atomic E-state index is 12.3. The monoisotopic (exact) mass is 294 g/mol. The molecule has 2 aromatic rings. The molecule has 112 valence electrons. The lowest BCUT2D eigenvalue weighted by molar-refractivity contribution is -0.133. The molecule has 0 saturated carbocycles. The van der Waals surface area contributed by atoms with Gasteiger partial charge in [0.2, 0.25) is 0 Å². The van der Waals surface area contributed by atoms with Crippen LogP contribution in [0.25, 0.3) is 0 Å². The number of hydrogen-bond donors (Lipinski definition) is 1. The summed E-state index contributed by atoms with van der Waals surface area (Å²) in [6, 6.07) is 18.6. The molecule has 4 heteroatoms. The predicted octanol–water partition coefficient (Wildman–Crippen LogP) is 2.95. The number of carbonyl (C=O) groups excluding carboxylic acids is 1. The van der Waals surface area contributed by atoms with Crippen LogP contribution in [0.5, 0.6) is 0 Å². The number of amides is 1. The van der Waals surface area contributed by atoms with E-state index in [2.05, 4.69) is 11.4 Å². The van der Waals surface area contributed by atoms with Crippen molar-refractivity contribution in [2.24, 2.45) is 0 Å². The normalized spacial score (nSPS) is 11.5. The van der Waals surface area contributed by atoms with Crippen molar-refractivity contribution in [1.82, 2.24) is 5.32 Å². The molecule has 1 N–H and O–H groups in total. The van der Waals surface area contributed by atoms with E-state index in [1.807, 2.05) is 49.4 Å². The van der Waals surface area contributed by atoms with Crippen LogP contribution in [-0.2, 0) is 16.1 Å². The number of carbonyl (C=O) groups is 1. The van der Waals surface area contributed by atoms with E-state index in [0.717, 1.165) is 11.1 Å². The molecule has 0 radical (unpaired) electrons. The molecule has 1 atom stereocenters. The third-order valence-electron chi connectivity index (χ3n) is 3.22. The SMILES string of the molecule is CCO[C@H](C(=O)NCc1ccc(C#N)cc1)c1ccccc1. The maximum absolute atomic E-state index is 12.3. The van der Waals surface area contributed by atoms with Gasteiger partial charge in [-0.15, -0.1) is 0 Å². The van der Waals surface area contributed by atoms with Crippen LogP contribution in [0.2, 0.25) is 0 Å². The lowest BCUT2D eigenvalue weighted by atomic mass is 10.1. The van der Waals surface area contributed by atoms with Crippen LogP contribution in [-0.4, -0.2) is 12.5 Å². The zero-order valence-electron chi connectivity index (χ0n) is 12.5. The summed E-state index contributed by atoms with van der Waals surface area (Å²) in [5.41, 5.74) is 2.38. The molecule has 0 aliphatic rings. The first-order chi connectivity index (χ1) is 10.7. The highest BCUT2D eigenvalue weighted by Crippen LogP contribution is 2.17. The Hall–Kier alpha value is -2.64. The second-order valence-corrected chi connectivity index (χ2v) is 4.77. The van der Waals surface area contributed by atoms with Crippen LogP contribution >= 0.6 is 0 Å². The number of nitrogens with zero attached hydrogens (tertiary/aromatic N) is 1. The van der Waals surface area contributed by atoms with Gasteiger partial charge in [-0.3, -0.25) is 4.79 Å². The third kappa shape index (κ3) is 4.18. The largest absolute Gasteiger partial charge is 0.364 e. The highest BCUT2D eigenvalue weighted by atomic mass is 16.5. The summed E-state index contributed by atoms with van der Waals surface area (Å²) in [6.45, 7) is 2.73. The zero-order valence-corrected chi connectivity index (χ0v) is 12.5. The average Bonchev–Trinajstić information content (AvgIpc) is 2.58. The van der Waals surface area contributed by atoms with Gasteiger partial charge in [-0.1, -0.05) is 42.5 Å². The molecular weight excluding hydrogens is 276 g/mol. The second kappa shape index (κ2) is 7.96. The molecule has 0 bridgehead atoms. The molecule has 0 spiro atoms. The third-order valence-corrected chi connectivity index (χ3v) is 3.22. The molecule has 2 aromatic carbocycles. The van der Waals surface area contributed by atoms with Gasteiger partial charge in [0.15, 0.2) is 6.10 Å². The first kappa shape index (κ1) is 15.7. The Bertz CT molecular complexity index is 645. The quantitative estimate of drug-likeness (QED) is 0.891. The molecule has 2 rings (SSSR count). The van der Waals surface area contributed by atoms with E-state index in [0.29, 0.717) is 18.7 Å². The van der Waals surface area contributed by atoms with E-state index in [1.165, 1.54) is 0 Å². The molecule has 22 heavy (non-hydrogen) atoms. The Balaban J connectivity index is 2.00. The van der Waals surface area contributed by atoms with Gasteiger partial charge in [-0.2, -0.15) is 5.26 Å². The molecule has 1 amide bonds. The average molecular weight is 294 g/mol. The minimum absolute atomic E-state index is 0.169. The molecule has 0 heterocycles. The Morgan fingerprint density at radius 1 is 1.18 bits per heavy atom. The van der Waals surface area contributed by atoms with Crippen LogP contribution in [0.3, 0.4) is 0 Å². The van der Waals surface area contributed by atoms with Gasteiger partial charge in [0.1, 0.15) is 0 Å². The number of ether oxygens (including phenoxy) is 1. The number of nitrogens with one attached hydrogen (secondary N) is 1.